The fourth-order valence-electron chi connectivity index (χ4n) is 1.36. The maximum atomic E-state index is 9.02. The number of hydrogen-bond acceptors (Lipinski definition) is 2. The molecule has 0 heterocycles. The second-order valence-corrected chi connectivity index (χ2v) is 3.39. The molecule has 0 bridgehead atoms. The van der Waals surface area contributed by atoms with E-state index < -0.39 is 5.41 Å². The van der Waals surface area contributed by atoms with Gasteiger partial charge in [0.2, 0.25) is 0 Å². The molecule has 1 rings (SSSR count). The number of allylic oxidation sites excluding steroid dienone is 5. The minimum atomic E-state index is -0.543. The number of likely N-dealkylation sites (N-methyl/N-ethyl adjacent to an activating group) is 1. The van der Waals surface area contributed by atoms with E-state index in [0.29, 0.717) is 0 Å². The topological polar surface area (TPSA) is 35.8 Å². The number of hydrogen-bond donors (Lipinski definition) is 1. The summed E-state index contributed by atoms with van der Waals surface area (Å²) in [4.78, 5) is 0. The van der Waals surface area contributed by atoms with E-state index in [4.69, 9.17) is 5.26 Å². The molecule has 0 aromatic heterocycles. The van der Waals surface area contributed by atoms with Crippen molar-refractivity contribution in [3.8, 4) is 6.07 Å². The van der Waals surface area contributed by atoms with Crippen LogP contribution in [0.5, 0.6) is 0 Å². The molecule has 1 N–H and O–H groups in total. The first-order valence-corrected chi connectivity index (χ1v) is 4.49. The maximum absolute atomic E-state index is 9.02. The third-order valence-electron chi connectivity index (χ3n) is 2.20. The highest BCUT2D eigenvalue weighted by atomic mass is 14.8. The monoisotopic (exact) mass is 186 g/mol. The molecule has 1 unspecified atom stereocenters. The predicted molar refractivity (Wildman–Crippen MR) is 58.3 cm³/mol. The molecule has 1 atom stereocenters. The van der Waals surface area contributed by atoms with Crippen molar-refractivity contribution < 1.29 is 0 Å². The van der Waals surface area contributed by atoms with Crippen LogP contribution in [0.4, 0.5) is 0 Å². The molecule has 0 aromatic carbocycles. The molecular weight excluding hydrogens is 172 g/mol. The van der Waals surface area contributed by atoms with Gasteiger partial charge in [-0.2, -0.15) is 5.26 Å². The van der Waals surface area contributed by atoms with E-state index in [1.807, 2.05) is 38.3 Å². The Morgan fingerprint density at radius 2 is 2.36 bits per heavy atom. The first-order chi connectivity index (χ1) is 6.65. The molecule has 1 aliphatic carbocycles. The normalized spacial score (nSPS) is 25.5. The zero-order valence-electron chi connectivity index (χ0n) is 8.54. The summed E-state index contributed by atoms with van der Waals surface area (Å²) in [6.45, 7) is 5.61. The molecule has 2 heteroatoms. The first kappa shape index (κ1) is 10.3. The van der Waals surface area contributed by atoms with Crippen molar-refractivity contribution in [3.63, 3.8) is 0 Å². The summed E-state index contributed by atoms with van der Waals surface area (Å²) in [6, 6.07) is 2.26. The molecule has 2 nitrogen and oxygen atoms in total. The van der Waals surface area contributed by atoms with Crippen molar-refractivity contribution in [2.45, 2.75) is 6.92 Å². The highest BCUT2D eigenvalue weighted by Gasteiger charge is 2.19. The average molecular weight is 186 g/mol. The summed E-state index contributed by atoms with van der Waals surface area (Å²) in [7, 11) is 1.85. The number of nitriles is 1. The van der Waals surface area contributed by atoms with Gasteiger partial charge in [-0.1, -0.05) is 30.9 Å². The Morgan fingerprint density at radius 1 is 1.64 bits per heavy atom. The van der Waals surface area contributed by atoms with Crippen LogP contribution in [0.15, 0.2) is 48.2 Å². The molecule has 0 fully saturated rings. The van der Waals surface area contributed by atoms with Crippen LogP contribution in [-0.4, -0.2) is 7.05 Å². The third kappa shape index (κ3) is 1.94. The smallest absolute Gasteiger partial charge is 0.0918 e. The standard InChI is InChI=1S/C12H14N2/c1-4-10-8-12(2,9-13)7-5-6-11(10)14-3/h4-8,14H,1H2,2-3H3. The van der Waals surface area contributed by atoms with Crippen molar-refractivity contribution in [1.29, 1.82) is 5.26 Å². The van der Waals surface area contributed by atoms with Crippen molar-refractivity contribution >= 4 is 0 Å². The summed E-state index contributed by atoms with van der Waals surface area (Å²) < 4.78 is 0. The molecule has 0 radical (unpaired) electrons. The highest BCUT2D eigenvalue weighted by Crippen LogP contribution is 2.26. The van der Waals surface area contributed by atoms with E-state index in [1.54, 1.807) is 6.08 Å². The van der Waals surface area contributed by atoms with Gasteiger partial charge >= 0.3 is 0 Å². The van der Waals surface area contributed by atoms with Crippen molar-refractivity contribution in [2.75, 3.05) is 7.05 Å². The van der Waals surface area contributed by atoms with Crippen LogP contribution in [0.3, 0.4) is 0 Å². The lowest BCUT2D eigenvalue weighted by molar-refractivity contribution is 0.732. The molecule has 0 saturated carbocycles. The summed E-state index contributed by atoms with van der Waals surface area (Å²) in [5, 5.41) is 12.1. The summed E-state index contributed by atoms with van der Waals surface area (Å²) >= 11 is 0. The fraction of sp³-hybridized carbons (Fsp3) is 0.250. The largest absolute Gasteiger partial charge is 0.388 e. The Bertz CT molecular complexity index is 366. The van der Waals surface area contributed by atoms with E-state index in [-0.39, 0.29) is 0 Å². The van der Waals surface area contributed by atoms with Gasteiger partial charge in [-0.15, -0.1) is 0 Å². The van der Waals surface area contributed by atoms with Gasteiger partial charge in [0.1, 0.15) is 0 Å². The van der Waals surface area contributed by atoms with E-state index in [2.05, 4.69) is 18.0 Å². The Labute approximate surface area is 84.9 Å². The number of nitrogens with one attached hydrogen (secondary N) is 1. The Balaban J connectivity index is 3.20. The zero-order chi connectivity index (χ0) is 10.6. The summed E-state index contributed by atoms with van der Waals surface area (Å²) in [5.41, 5.74) is 1.40. The van der Waals surface area contributed by atoms with Crippen LogP contribution in [0, 0.1) is 16.7 Å². The average Bonchev–Trinajstić information content (AvgIpc) is 2.37. The van der Waals surface area contributed by atoms with Crippen LogP contribution in [0.2, 0.25) is 0 Å². The highest BCUT2D eigenvalue weighted by molar-refractivity contribution is 5.45. The van der Waals surface area contributed by atoms with Gasteiger partial charge in [0.05, 0.1) is 11.5 Å². The second-order valence-electron chi connectivity index (χ2n) is 3.39. The number of nitrogens with zero attached hydrogens (tertiary/aromatic N) is 1. The van der Waals surface area contributed by atoms with Gasteiger partial charge in [-0.25, -0.2) is 0 Å². The van der Waals surface area contributed by atoms with E-state index in [0.717, 1.165) is 11.3 Å². The van der Waals surface area contributed by atoms with Crippen LogP contribution in [0.1, 0.15) is 6.92 Å². The van der Waals surface area contributed by atoms with E-state index in [9.17, 15) is 0 Å². The second kappa shape index (κ2) is 3.97. The molecule has 0 amide bonds. The molecule has 0 aromatic rings. The Hall–Kier alpha value is -1.75. The lowest BCUT2D eigenvalue weighted by atomic mass is 9.90. The van der Waals surface area contributed by atoms with Gasteiger partial charge in [-0.05, 0) is 18.6 Å². The minimum absolute atomic E-state index is 0.543. The molecule has 1 aliphatic rings. The third-order valence-corrected chi connectivity index (χ3v) is 2.20. The summed E-state index contributed by atoms with van der Waals surface area (Å²) in [6.07, 6.45) is 9.37. The van der Waals surface area contributed by atoms with Crippen LogP contribution in [-0.2, 0) is 0 Å². The van der Waals surface area contributed by atoms with Gasteiger partial charge in [0, 0.05) is 12.7 Å². The van der Waals surface area contributed by atoms with Gasteiger partial charge < -0.3 is 5.32 Å². The minimum Gasteiger partial charge on any atom is -0.388 e. The van der Waals surface area contributed by atoms with Gasteiger partial charge in [0.25, 0.3) is 0 Å². The summed E-state index contributed by atoms with van der Waals surface area (Å²) in [5.74, 6) is 0. The lowest BCUT2D eigenvalue weighted by Gasteiger charge is -2.12. The zero-order valence-corrected chi connectivity index (χ0v) is 8.54. The molecule has 0 saturated heterocycles. The van der Waals surface area contributed by atoms with Crippen LogP contribution in [0.25, 0.3) is 0 Å². The quantitative estimate of drug-likeness (QED) is 0.718. The molecule has 0 aliphatic heterocycles. The van der Waals surface area contributed by atoms with E-state index in [1.165, 1.54) is 0 Å². The number of rotatable bonds is 2. The van der Waals surface area contributed by atoms with Crippen molar-refractivity contribution in [3.05, 3.63) is 48.2 Å². The van der Waals surface area contributed by atoms with Crippen LogP contribution >= 0.6 is 0 Å². The van der Waals surface area contributed by atoms with E-state index >= 15 is 0 Å². The van der Waals surface area contributed by atoms with Gasteiger partial charge in [-0.3, -0.25) is 0 Å². The Morgan fingerprint density at radius 3 is 2.86 bits per heavy atom. The Kier molecular flexibility index (Phi) is 2.93. The van der Waals surface area contributed by atoms with Gasteiger partial charge in [0.15, 0.2) is 0 Å². The lowest BCUT2D eigenvalue weighted by Crippen LogP contribution is -2.10. The molecule has 14 heavy (non-hydrogen) atoms. The van der Waals surface area contributed by atoms with Crippen LogP contribution < -0.4 is 5.32 Å². The predicted octanol–water partition coefficient (Wildman–Crippen LogP) is 2.30. The van der Waals surface area contributed by atoms with Crippen molar-refractivity contribution in [1.82, 2.24) is 5.32 Å². The molecular formula is C12H14N2. The fourth-order valence-corrected chi connectivity index (χ4v) is 1.36. The first-order valence-electron chi connectivity index (χ1n) is 4.49. The van der Waals surface area contributed by atoms with Crippen molar-refractivity contribution in [2.24, 2.45) is 5.41 Å². The molecule has 0 spiro atoms. The maximum Gasteiger partial charge on any atom is 0.0918 e. The molecule has 72 valence electrons. The SMILES string of the molecule is C=CC1=CC(C)(C#N)C=CC=C1NC.